The number of rotatable bonds is 3. The van der Waals surface area contributed by atoms with Gasteiger partial charge in [-0.15, -0.1) is 0 Å². The van der Waals surface area contributed by atoms with Crippen LogP contribution in [0.1, 0.15) is 50.5 Å². The first-order valence-corrected chi connectivity index (χ1v) is 6.82. The van der Waals surface area contributed by atoms with Crippen molar-refractivity contribution in [2.75, 3.05) is 5.73 Å². The van der Waals surface area contributed by atoms with E-state index in [0.717, 1.165) is 24.1 Å². The van der Waals surface area contributed by atoms with Crippen molar-refractivity contribution >= 4 is 11.6 Å². The highest BCUT2D eigenvalue weighted by Gasteiger charge is 2.20. The number of benzene rings is 1. The Bertz CT molecular complexity index is 393. The molecule has 98 valence electrons. The molecule has 1 atom stereocenters. The minimum absolute atomic E-state index is 0.104. The SMILES string of the molecule is C[C@@H](C(=O)NC1CCCCC1)c1ccc(N)cc1. The van der Waals surface area contributed by atoms with Crippen LogP contribution in [0.25, 0.3) is 0 Å². The molecular weight excluding hydrogens is 224 g/mol. The zero-order valence-electron chi connectivity index (χ0n) is 11.0. The van der Waals surface area contributed by atoms with Gasteiger partial charge < -0.3 is 11.1 Å². The van der Waals surface area contributed by atoms with Crippen LogP contribution in [0.5, 0.6) is 0 Å². The van der Waals surface area contributed by atoms with Crippen molar-refractivity contribution in [1.29, 1.82) is 0 Å². The number of carbonyl (C=O) groups excluding carboxylic acids is 1. The zero-order valence-corrected chi connectivity index (χ0v) is 11.0. The molecular formula is C15H22N2O. The molecule has 1 aliphatic rings. The molecule has 0 saturated heterocycles. The van der Waals surface area contributed by atoms with Crippen molar-refractivity contribution < 1.29 is 4.79 Å². The molecule has 2 rings (SSSR count). The number of anilines is 1. The minimum Gasteiger partial charge on any atom is -0.399 e. The van der Waals surface area contributed by atoms with E-state index in [1.165, 1.54) is 19.3 Å². The van der Waals surface area contributed by atoms with Crippen molar-refractivity contribution in [3.8, 4) is 0 Å². The highest BCUT2D eigenvalue weighted by Crippen LogP contribution is 2.20. The van der Waals surface area contributed by atoms with Crippen molar-refractivity contribution in [2.24, 2.45) is 0 Å². The topological polar surface area (TPSA) is 55.1 Å². The molecule has 1 aliphatic carbocycles. The average Bonchev–Trinajstić information content (AvgIpc) is 2.40. The number of nitrogen functional groups attached to an aromatic ring is 1. The lowest BCUT2D eigenvalue weighted by Gasteiger charge is -2.24. The predicted octanol–water partition coefficient (Wildman–Crippen LogP) is 2.82. The highest BCUT2D eigenvalue weighted by atomic mass is 16.1. The summed E-state index contributed by atoms with van der Waals surface area (Å²) in [4.78, 5) is 12.2. The molecule has 18 heavy (non-hydrogen) atoms. The Kier molecular flexibility index (Phi) is 4.24. The molecule has 0 unspecified atom stereocenters. The summed E-state index contributed by atoms with van der Waals surface area (Å²) in [7, 11) is 0. The lowest BCUT2D eigenvalue weighted by Crippen LogP contribution is -2.38. The molecule has 3 nitrogen and oxygen atoms in total. The van der Waals surface area contributed by atoms with Gasteiger partial charge in [0.1, 0.15) is 0 Å². The zero-order chi connectivity index (χ0) is 13.0. The molecule has 0 heterocycles. The molecule has 0 aliphatic heterocycles. The third kappa shape index (κ3) is 3.25. The fourth-order valence-electron chi connectivity index (χ4n) is 2.51. The highest BCUT2D eigenvalue weighted by molar-refractivity contribution is 5.83. The van der Waals surface area contributed by atoms with E-state index >= 15 is 0 Å². The van der Waals surface area contributed by atoms with Gasteiger partial charge in [0.2, 0.25) is 5.91 Å². The molecule has 1 amide bonds. The molecule has 0 spiro atoms. The first kappa shape index (κ1) is 12.9. The summed E-state index contributed by atoms with van der Waals surface area (Å²) < 4.78 is 0. The Balaban J connectivity index is 1.93. The third-order valence-corrected chi connectivity index (χ3v) is 3.78. The second kappa shape index (κ2) is 5.89. The normalized spacial score (nSPS) is 18.3. The van der Waals surface area contributed by atoms with E-state index in [1.54, 1.807) is 0 Å². The number of hydrogen-bond donors (Lipinski definition) is 2. The lowest BCUT2D eigenvalue weighted by atomic mass is 9.94. The van der Waals surface area contributed by atoms with Gasteiger partial charge >= 0.3 is 0 Å². The fraction of sp³-hybridized carbons (Fsp3) is 0.533. The van der Waals surface area contributed by atoms with E-state index in [2.05, 4.69) is 5.32 Å². The van der Waals surface area contributed by atoms with Crippen LogP contribution in [-0.4, -0.2) is 11.9 Å². The average molecular weight is 246 g/mol. The van der Waals surface area contributed by atoms with Gasteiger partial charge in [0.15, 0.2) is 0 Å². The molecule has 1 aromatic carbocycles. The number of nitrogens with one attached hydrogen (secondary N) is 1. The van der Waals surface area contributed by atoms with Crippen molar-refractivity contribution in [2.45, 2.75) is 51.0 Å². The maximum absolute atomic E-state index is 12.2. The van der Waals surface area contributed by atoms with Gasteiger partial charge in [0.25, 0.3) is 0 Å². The summed E-state index contributed by atoms with van der Waals surface area (Å²) >= 11 is 0. The molecule has 3 heteroatoms. The summed E-state index contributed by atoms with van der Waals surface area (Å²) in [5.41, 5.74) is 7.41. The van der Waals surface area contributed by atoms with Gasteiger partial charge in [-0.25, -0.2) is 0 Å². The van der Waals surface area contributed by atoms with Crippen LogP contribution in [0, 0.1) is 0 Å². The first-order valence-electron chi connectivity index (χ1n) is 6.82. The van der Waals surface area contributed by atoms with E-state index in [1.807, 2.05) is 31.2 Å². The van der Waals surface area contributed by atoms with Gasteiger partial charge in [-0.2, -0.15) is 0 Å². The van der Waals surface area contributed by atoms with Crippen molar-refractivity contribution in [3.63, 3.8) is 0 Å². The van der Waals surface area contributed by atoms with Gasteiger partial charge in [0.05, 0.1) is 5.92 Å². The number of nitrogens with two attached hydrogens (primary N) is 1. The van der Waals surface area contributed by atoms with Gasteiger partial charge in [-0.05, 0) is 37.5 Å². The lowest BCUT2D eigenvalue weighted by molar-refractivity contribution is -0.123. The van der Waals surface area contributed by atoms with Crippen LogP contribution in [0.4, 0.5) is 5.69 Å². The van der Waals surface area contributed by atoms with E-state index in [9.17, 15) is 4.79 Å². The molecule has 0 radical (unpaired) electrons. The Morgan fingerprint density at radius 3 is 2.44 bits per heavy atom. The standard InChI is InChI=1S/C15H22N2O/c1-11(12-7-9-13(16)10-8-12)15(18)17-14-5-3-2-4-6-14/h7-11,14H,2-6,16H2,1H3,(H,17,18)/t11-/m1/s1. The Morgan fingerprint density at radius 1 is 1.22 bits per heavy atom. The Morgan fingerprint density at radius 2 is 1.83 bits per heavy atom. The monoisotopic (exact) mass is 246 g/mol. The van der Waals surface area contributed by atoms with Crippen LogP contribution in [0.15, 0.2) is 24.3 Å². The van der Waals surface area contributed by atoms with E-state index < -0.39 is 0 Å². The van der Waals surface area contributed by atoms with Crippen molar-refractivity contribution in [1.82, 2.24) is 5.32 Å². The number of carbonyl (C=O) groups is 1. The molecule has 3 N–H and O–H groups in total. The van der Waals surface area contributed by atoms with Gasteiger partial charge in [0, 0.05) is 11.7 Å². The Hall–Kier alpha value is -1.51. The second-order valence-corrected chi connectivity index (χ2v) is 5.23. The summed E-state index contributed by atoms with van der Waals surface area (Å²) in [6.07, 6.45) is 6.03. The first-order chi connectivity index (χ1) is 8.66. The summed E-state index contributed by atoms with van der Waals surface area (Å²) in [5, 5.41) is 3.16. The van der Waals surface area contributed by atoms with E-state index in [4.69, 9.17) is 5.73 Å². The van der Waals surface area contributed by atoms with E-state index in [0.29, 0.717) is 6.04 Å². The largest absolute Gasteiger partial charge is 0.399 e. The predicted molar refractivity (Wildman–Crippen MR) is 74.3 cm³/mol. The minimum atomic E-state index is -0.104. The van der Waals surface area contributed by atoms with Crippen LogP contribution in [0.3, 0.4) is 0 Å². The molecule has 1 fully saturated rings. The summed E-state index contributed by atoms with van der Waals surface area (Å²) in [5.74, 6) is 0.0270. The smallest absolute Gasteiger partial charge is 0.227 e. The molecule has 1 aromatic rings. The van der Waals surface area contributed by atoms with Crippen LogP contribution >= 0.6 is 0 Å². The van der Waals surface area contributed by atoms with Crippen LogP contribution in [-0.2, 0) is 4.79 Å². The van der Waals surface area contributed by atoms with E-state index in [-0.39, 0.29) is 11.8 Å². The molecule has 0 bridgehead atoms. The third-order valence-electron chi connectivity index (χ3n) is 3.78. The molecule has 1 saturated carbocycles. The molecule has 0 aromatic heterocycles. The van der Waals surface area contributed by atoms with Gasteiger partial charge in [-0.3, -0.25) is 4.79 Å². The number of amides is 1. The maximum atomic E-state index is 12.2. The van der Waals surface area contributed by atoms with Crippen LogP contribution < -0.4 is 11.1 Å². The second-order valence-electron chi connectivity index (χ2n) is 5.23. The Labute approximate surface area is 109 Å². The maximum Gasteiger partial charge on any atom is 0.227 e. The quantitative estimate of drug-likeness (QED) is 0.806. The number of hydrogen-bond acceptors (Lipinski definition) is 2. The van der Waals surface area contributed by atoms with Crippen LogP contribution in [0.2, 0.25) is 0 Å². The van der Waals surface area contributed by atoms with Gasteiger partial charge in [-0.1, -0.05) is 31.4 Å². The van der Waals surface area contributed by atoms with Crippen molar-refractivity contribution in [3.05, 3.63) is 29.8 Å². The fourth-order valence-corrected chi connectivity index (χ4v) is 2.51. The summed E-state index contributed by atoms with van der Waals surface area (Å²) in [6.45, 7) is 1.95. The summed E-state index contributed by atoms with van der Waals surface area (Å²) in [6, 6.07) is 7.93.